The van der Waals surface area contributed by atoms with Crippen LogP contribution in [0, 0.1) is 5.92 Å². The number of benzene rings is 1. The van der Waals surface area contributed by atoms with Crippen LogP contribution < -0.4 is 10.0 Å². The zero-order valence-corrected chi connectivity index (χ0v) is 17.4. The van der Waals surface area contributed by atoms with E-state index in [9.17, 15) is 13.2 Å². The Labute approximate surface area is 168 Å². The minimum atomic E-state index is -3.71. The lowest BCUT2D eigenvalue weighted by Crippen LogP contribution is -2.24. The fourth-order valence-electron chi connectivity index (χ4n) is 2.23. The Morgan fingerprint density at radius 3 is 2.67 bits per heavy atom. The van der Waals surface area contributed by atoms with Crippen LogP contribution in [0.25, 0.3) is 0 Å². The smallest absolute Gasteiger partial charge is 0.263 e. The summed E-state index contributed by atoms with van der Waals surface area (Å²) < 4.78 is 29.5. The van der Waals surface area contributed by atoms with Crippen LogP contribution in [0.3, 0.4) is 0 Å². The average Bonchev–Trinajstić information content (AvgIpc) is 3.26. The van der Waals surface area contributed by atoms with Crippen LogP contribution in [0.2, 0.25) is 0 Å². The number of aromatic nitrogens is 3. The molecule has 1 aromatic carbocycles. The van der Waals surface area contributed by atoms with E-state index in [-0.39, 0.29) is 16.7 Å². The second kappa shape index (κ2) is 8.19. The molecule has 0 fully saturated rings. The standard InChI is InChI=1S/C16H16BrN5O3S2/c1-11(9-22-10-12(17)8-19-22)15(23)20-13-2-4-14(5-3-13)27(24,25)21-16-18-6-7-26-16/h2-8,10-11H,9H2,1H3,(H,18,21)(H,20,23). The third kappa shape index (κ3) is 5.15. The monoisotopic (exact) mass is 469 g/mol. The first-order valence-electron chi connectivity index (χ1n) is 7.85. The van der Waals surface area contributed by atoms with Gasteiger partial charge in [0, 0.05) is 23.5 Å². The van der Waals surface area contributed by atoms with E-state index in [1.807, 2.05) is 0 Å². The van der Waals surface area contributed by atoms with E-state index in [1.54, 1.807) is 41.5 Å². The van der Waals surface area contributed by atoms with Crippen LogP contribution in [0.4, 0.5) is 10.8 Å². The molecule has 1 atom stereocenters. The molecule has 1 amide bonds. The summed E-state index contributed by atoms with van der Waals surface area (Å²) in [5.74, 6) is -0.495. The van der Waals surface area contributed by atoms with E-state index in [0.29, 0.717) is 17.4 Å². The zero-order chi connectivity index (χ0) is 19.4. The number of amides is 1. The van der Waals surface area contributed by atoms with Gasteiger partial charge >= 0.3 is 0 Å². The molecule has 0 saturated carbocycles. The molecule has 2 N–H and O–H groups in total. The van der Waals surface area contributed by atoms with Crippen molar-refractivity contribution in [2.45, 2.75) is 18.4 Å². The molecule has 0 bridgehead atoms. The maximum atomic E-state index is 12.3. The second-order valence-electron chi connectivity index (χ2n) is 5.74. The second-order valence-corrected chi connectivity index (χ2v) is 9.23. The number of nitrogens with one attached hydrogen (secondary N) is 2. The highest BCUT2D eigenvalue weighted by atomic mass is 79.9. The van der Waals surface area contributed by atoms with Gasteiger partial charge in [-0.05, 0) is 40.2 Å². The molecule has 0 aliphatic rings. The van der Waals surface area contributed by atoms with Gasteiger partial charge in [0.1, 0.15) is 0 Å². The SMILES string of the molecule is CC(Cn1cc(Br)cn1)C(=O)Nc1ccc(S(=O)(=O)Nc2nccs2)cc1. The summed E-state index contributed by atoms with van der Waals surface area (Å²) >= 11 is 4.51. The summed E-state index contributed by atoms with van der Waals surface area (Å²) in [6.45, 7) is 2.23. The molecule has 142 valence electrons. The molecule has 3 aromatic rings. The summed E-state index contributed by atoms with van der Waals surface area (Å²) in [5.41, 5.74) is 0.515. The Balaban J connectivity index is 1.62. The highest BCUT2D eigenvalue weighted by Gasteiger charge is 2.17. The van der Waals surface area contributed by atoms with Crippen molar-refractivity contribution in [3.63, 3.8) is 0 Å². The van der Waals surface area contributed by atoms with Crippen molar-refractivity contribution >= 4 is 54.0 Å². The lowest BCUT2D eigenvalue weighted by Gasteiger charge is -2.13. The highest BCUT2D eigenvalue weighted by molar-refractivity contribution is 9.10. The zero-order valence-electron chi connectivity index (χ0n) is 14.2. The first-order chi connectivity index (χ1) is 12.8. The number of anilines is 2. The number of sulfonamides is 1. The fourth-order valence-corrected chi connectivity index (χ4v) is 4.35. The number of rotatable bonds is 7. The fraction of sp³-hybridized carbons (Fsp3) is 0.188. The van der Waals surface area contributed by atoms with Crippen molar-refractivity contribution in [3.8, 4) is 0 Å². The predicted octanol–water partition coefficient (Wildman–Crippen LogP) is 3.18. The molecule has 1 unspecified atom stereocenters. The number of carbonyl (C=O) groups excluding carboxylic acids is 1. The first-order valence-corrected chi connectivity index (χ1v) is 11.0. The molecule has 0 saturated heterocycles. The molecule has 27 heavy (non-hydrogen) atoms. The lowest BCUT2D eigenvalue weighted by molar-refractivity contribution is -0.119. The quantitative estimate of drug-likeness (QED) is 0.552. The molecule has 0 spiro atoms. The van der Waals surface area contributed by atoms with Crippen molar-refractivity contribution < 1.29 is 13.2 Å². The van der Waals surface area contributed by atoms with Gasteiger partial charge in [-0.2, -0.15) is 5.10 Å². The van der Waals surface area contributed by atoms with Crippen LogP contribution in [-0.2, 0) is 21.4 Å². The minimum absolute atomic E-state index is 0.0881. The molecule has 2 aromatic heterocycles. The van der Waals surface area contributed by atoms with E-state index in [1.165, 1.54) is 29.7 Å². The normalized spacial score (nSPS) is 12.5. The number of halogens is 1. The van der Waals surface area contributed by atoms with Crippen molar-refractivity contribution in [1.82, 2.24) is 14.8 Å². The van der Waals surface area contributed by atoms with Crippen molar-refractivity contribution in [2.24, 2.45) is 5.92 Å². The maximum Gasteiger partial charge on any atom is 0.263 e. The highest BCUT2D eigenvalue weighted by Crippen LogP contribution is 2.20. The molecule has 8 nitrogen and oxygen atoms in total. The number of hydrogen-bond donors (Lipinski definition) is 2. The Bertz CT molecular complexity index is 1020. The number of hydrogen-bond acceptors (Lipinski definition) is 6. The van der Waals surface area contributed by atoms with Crippen LogP contribution in [0.5, 0.6) is 0 Å². The lowest BCUT2D eigenvalue weighted by atomic mass is 10.1. The first kappa shape index (κ1) is 19.5. The van der Waals surface area contributed by atoms with Gasteiger partial charge in [0.2, 0.25) is 5.91 Å². The van der Waals surface area contributed by atoms with Gasteiger partial charge in [-0.25, -0.2) is 13.4 Å². The van der Waals surface area contributed by atoms with Crippen LogP contribution >= 0.6 is 27.3 Å². The van der Waals surface area contributed by atoms with Gasteiger partial charge in [-0.1, -0.05) is 6.92 Å². The molecule has 3 rings (SSSR count). The molecule has 11 heteroatoms. The largest absolute Gasteiger partial charge is 0.326 e. The molecule has 0 radical (unpaired) electrons. The van der Waals surface area contributed by atoms with E-state index in [2.05, 4.69) is 36.1 Å². The van der Waals surface area contributed by atoms with E-state index in [4.69, 9.17) is 0 Å². The number of thiazole rings is 1. The molecular formula is C16H16BrN5O3S2. The van der Waals surface area contributed by atoms with Crippen LogP contribution in [0.1, 0.15) is 6.92 Å². The summed E-state index contributed by atoms with van der Waals surface area (Å²) in [4.78, 5) is 16.3. The Morgan fingerprint density at radius 2 is 2.07 bits per heavy atom. The van der Waals surface area contributed by atoms with E-state index < -0.39 is 10.0 Å². The van der Waals surface area contributed by atoms with Crippen molar-refractivity contribution in [1.29, 1.82) is 0 Å². The summed E-state index contributed by atoms with van der Waals surface area (Å²) in [6, 6.07) is 5.96. The van der Waals surface area contributed by atoms with E-state index in [0.717, 1.165) is 4.47 Å². The predicted molar refractivity (Wildman–Crippen MR) is 107 cm³/mol. The Morgan fingerprint density at radius 1 is 1.33 bits per heavy atom. The van der Waals surface area contributed by atoms with Gasteiger partial charge in [-0.3, -0.25) is 14.2 Å². The van der Waals surface area contributed by atoms with Crippen LogP contribution in [-0.4, -0.2) is 29.1 Å². The molecule has 0 aliphatic carbocycles. The summed E-state index contributed by atoms with van der Waals surface area (Å²) in [5, 5.41) is 8.88. The van der Waals surface area contributed by atoms with Crippen LogP contribution in [0.15, 0.2) is 57.6 Å². The van der Waals surface area contributed by atoms with Gasteiger partial charge in [0.05, 0.1) is 28.0 Å². The third-order valence-electron chi connectivity index (χ3n) is 3.60. The van der Waals surface area contributed by atoms with Gasteiger partial charge in [0.15, 0.2) is 5.13 Å². The van der Waals surface area contributed by atoms with Crippen molar-refractivity contribution in [2.75, 3.05) is 10.0 Å². The Hall–Kier alpha value is -2.24. The maximum absolute atomic E-state index is 12.3. The topological polar surface area (TPSA) is 106 Å². The molecular weight excluding hydrogens is 454 g/mol. The summed E-state index contributed by atoms with van der Waals surface area (Å²) in [6.07, 6.45) is 4.96. The molecule has 2 heterocycles. The molecule has 0 aliphatic heterocycles. The number of carbonyl (C=O) groups is 1. The number of nitrogens with zero attached hydrogens (tertiary/aromatic N) is 3. The average molecular weight is 470 g/mol. The minimum Gasteiger partial charge on any atom is -0.326 e. The van der Waals surface area contributed by atoms with Gasteiger partial charge < -0.3 is 5.32 Å². The Kier molecular flexibility index (Phi) is 5.92. The van der Waals surface area contributed by atoms with E-state index >= 15 is 0 Å². The van der Waals surface area contributed by atoms with Crippen molar-refractivity contribution in [3.05, 3.63) is 52.7 Å². The van der Waals surface area contributed by atoms with Gasteiger partial charge in [-0.15, -0.1) is 11.3 Å². The summed E-state index contributed by atoms with van der Waals surface area (Å²) in [7, 11) is -3.71. The van der Waals surface area contributed by atoms with Gasteiger partial charge in [0.25, 0.3) is 10.0 Å². The third-order valence-corrected chi connectivity index (χ3v) is 6.18.